The Bertz CT molecular complexity index is 794. The van der Waals surface area contributed by atoms with Gasteiger partial charge in [0.2, 0.25) is 0 Å². The number of carbonyl (C=O) groups is 1. The van der Waals surface area contributed by atoms with Crippen molar-refractivity contribution < 1.29 is 63.1 Å². The van der Waals surface area contributed by atoms with Crippen LogP contribution >= 0.6 is 0 Å². The molecule has 0 amide bonds. The summed E-state index contributed by atoms with van der Waals surface area (Å²) in [6, 6.07) is 0. The van der Waals surface area contributed by atoms with Crippen molar-refractivity contribution in [3.63, 3.8) is 0 Å². The van der Waals surface area contributed by atoms with E-state index in [-0.39, 0.29) is 12.8 Å². The van der Waals surface area contributed by atoms with Gasteiger partial charge in [-0.15, -0.1) is 0 Å². The van der Waals surface area contributed by atoms with Crippen LogP contribution in [-0.4, -0.2) is 66.3 Å². The van der Waals surface area contributed by atoms with Crippen LogP contribution in [-0.2, 0) is 24.4 Å². The molecule has 0 aliphatic heterocycles. The van der Waals surface area contributed by atoms with Gasteiger partial charge in [-0.05, 0) is 26.2 Å². The molecule has 3 atom stereocenters. The molecule has 2 N–H and O–H groups in total. The molecule has 1 saturated carbocycles. The first-order valence-electron chi connectivity index (χ1n) is 9.24. The van der Waals surface area contributed by atoms with Crippen molar-refractivity contribution in [3.05, 3.63) is 12.2 Å². The number of halogens is 7. The fourth-order valence-electron chi connectivity index (χ4n) is 3.10. The van der Waals surface area contributed by atoms with Gasteiger partial charge >= 0.3 is 33.4 Å². The van der Waals surface area contributed by atoms with Gasteiger partial charge < -0.3 is 14.6 Å². The van der Waals surface area contributed by atoms with Crippen molar-refractivity contribution in [2.45, 2.75) is 68.1 Å². The van der Waals surface area contributed by atoms with E-state index >= 15 is 0 Å². The molecule has 0 bridgehead atoms. The van der Waals surface area contributed by atoms with Crippen LogP contribution in [0.3, 0.4) is 0 Å². The van der Waals surface area contributed by atoms with Gasteiger partial charge in [0.25, 0.3) is 0 Å². The maximum absolute atomic E-state index is 13.3. The molecule has 0 spiro atoms. The fraction of sp³-hybridized carbons (Fsp3) is 0.824. The summed E-state index contributed by atoms with van der Waals surface area (Å²) in [7, 11) is -6.40. The van der Waals surface area contributed by atoms with Crippen LogP contribution in [0.4, 0.5) is 30.7 Å². The zero-order valence-corrected chi connectivity index (χ0v) is 17.6. The largest absolute Gasteiger partial charge is 0.459 e. The maximum atomic E-state index is 13.3. The number of alkyl halides is 7. The number of carbonyl (C=O) groups excluding carboxylic acids is 1. The second kappa shape index (κ2) is 9.81. The SMILES string of the molecule is C=C(COCCC(F)(F)C(F)(F)S(=O)(=O)O)C(=O)OC1CCCCC1C(C)(O)C(F)(F)F. The van der Waals surface area contributed by atoms with E-state index in [9.17, 15) is 49.1 Å². The molecule has 0 radical (unpaired) electrons. The summed E-state index contributed by atoms with van der Waals surface area (Å²) >= 11 is 0. The van der Waals surface area contributed by atoms with E-state index in [1.165, 1.54) is 0 Å². The van der Waals surface area contributed by atoms with Gasteiger partial charge in [0.15, 0.2) is 5.60 Å². The lowest BCUT2D eigenvalue weighted by atomic mass is 9.75. The molecular formula is C17H23F7O7S. The van der Waals surface area contributed by atoms with Gasteiger partial charge in [-0.2, -0.15) is 39.2 Å². The van der Waals surface area contributed by atoms with E-state index in [0.29, 0.717) is 19.8 Å². The third-order valence-electron chi connectivity index (χ3n) is 5.13. The molecule has 0 aromatic carbocycles. The van der Waals surface area contributed by atoms with E-state index in [0.717, 1.165) is 0 Å². The van der Waals surface area contributed by atoms with Gasteiger partial charge in [0, 0.05) is 12.3 Å². The summed E-state index contributed by atoms with van der Waals surface area (Å²) in [4.78, 5) is 12.1. The Balaban J connectivity index is 2.65. The predicted octanol–water partition coefficient (Wildman–Crippen LogP) is 3.48. The minimum Gasteiger partial charge on any atom is -0.459 e. The number of hydrogen-bond acceptors (Lipinski definition) is 6. The number of ether oxygens (including phenoxy) is 2. The minimum atomic E-state index is -6.40. The second-order valence-corrected chi connectivity index (χ2v) is 9.05. The average molecular weight is 504 g/mol. The van der Waals surface area contributed by atoms with Gasteiger partial charge in [-0.1, -0.05) is 13.0 Å². The van der Waals surface area contributed by atoms with Crippen molar-refractivity contribution in [3.8, 4) is 0 Å². The Morgan fingerprint density at radius 1 is 1.09 bits per heavy atom. The highest BCUT2D eigenvalue weighted by atomic mass is 32.2. The van der Waals surface area contributed by atoms with Crippen LogP contribution < -0.4 is 0 Å². The standard InChI is InChI=1S/C17H23F7O7S/c1-10(9-30-8-7-15(18,19)17(23,24)32(27,28)29)13(25)31-12-6-4-3-5-11(12)14(2,26)16(20,21)22/h11-12,26H,1,3-9H2,2H3,(H,27,28,29). The Labute approximate surface area is 179 Å². The number of hydrogen-bond donors (Lipinski definition) is 2. The van der Waals surface area contributed by atoms with Gasteiger partial charge in [0.1, 0.15) is 6.10 Å². The molecule has 0 saturated heterocycles. The molecule has 1 aliphatic carbocycles. The molecule has 1 rings (SSSR count). The number of esters is 1. The van der Waals surface area contributed by atoms with E-state index in [1.807, 2.05) is 0 Å². The van der Waals surface area contributed by atoms with Crippen molar-refractivity contribution in [1.82, 2.24) is 0 Å². The summed E-state index contributed by atoms with van der Waals surface area (Å²) in [6.45, 7) is 1.77. The van der Waals surface area contributed by atoms with E-state index in [2.05, 4.69) is 11.3 Å². The lowest BCUT2D eigenvalue weighted by Gasteiger charge is -2.41. The fourth-order valence-corrected chi connectivity index (χ4v) is 3.58. The van der Waals surface area contributed by atoms with Crippen LogP contribution in [0.2, 0.25) is 0 Å². The molecule has 7 nitrogen and oxygen atoms in total. The first-order chi connectivity index (χ1) is 14.3. The molecule has 32 heavy (non-hydrogen) atoms. The molecule has 0 heterocycles. The Kier molecular flexibility index (Phi) is 8.76. The summed E-state index contributed by atoms with van der Waals surface area (Å²) in [5.41, 5.74) is -3.68. The highest BCUT2D eigenvalue weighted by Crippen LogP contribution is 2.44. The van der Waals surface area contributed by atoms with E-state index in [1.54, 1.807) is 0 Å². The zero-order valence-electron chi connectivity index (χ0n) is 16.8. The van der Waals surface area contributed by atoms with Crippen LogP contribution in [0.5, 0.6) is 0 Å². The van der Waals surface area contributed by atoms with Crippen LogP contribution in [0, 0.1) is 5.92 Å². The summed E-state index contributed by atoms with van der Waals surface area (Å²) in [5, 5.41) is 4.14. The Hall–Kier alpha value is -1.45. The summed E-state index contributed by atoms with van der Waals surface area (Å²) in [6.07, 6.45) is -7.43. The first kappa shape index (κ1) is 28.6. The van der Waals surface area contributed by atoms with Gasteiger partial charge in [0.05, 0.1) is 18.8 Å². The van der Waals surface area contributed by atoms with Crippen LogP contribution in [0.25, 0.3) is 0 Å². The molecule has 1 fully saturated rings. The minimum absolute atomic E-state index is 0.0215. The van der Waals surface area contributed by atoms with Crippen molar-refractivity contribution in [2.75, 3.05) is 13.2 Å². The maximum Gasteiger partial charge on any atom is 0.431 e. The second-order valence-electron chi connectivity index (χ2n) is 7.58. The van der Waals surface area contributed by atoms with Crippen LogP contribution in [0.15, 0.2) is 12.2 Å². The van der Waals surface area contributed by atoms with E-state index in [4.69, 9.17) is 9.29 Å². The lowest BCUT2D eigenvalue weighted by Crippen LogP contribution is -2.54. The third kappa shape index (κ3) is 6.32. The summed E-state index contributed by atoms with van der Waals surface area (Å²) in [5.74, 6) is -7.90. The third-order valence-corrected chi connectivity index (χ3v) is 6.08. The zero-order chi connectivity index (χ0) is 25.2. The number of aliphatic hydroxyl groups is 1. The topological polar surface area (TPSA) is 110 Å². The lowest BCUT2D eigenvalue weighted by molar-refractivity contribution is -0.285. The highest BCUT2D eigenvalue weighted by Gasteiger charge is 2.65. The molecule has 0 aromatic rings. The Morgan fingerprint density at radius 2 is 1.62 bits per heavy atom. The highest BCUT2D eigenvalue weighted by molar-refractivity contribution is 7.87. The van der Waals surface area contributed by atoms with Crippen molar-refractivity contribution in [1.29, 1.82) is 0 Å². The normalized spacial score (nSPS) is 22.8. The Morgan fingerprint density at radius 3 is 2.12 bits per heavy atom. The van der Waals surface area contributed by atoms with Gasteiger partial charge in [-0.25, -0.2) is 4.79 Å². The van der Waals surface area contributed by atoms with Crippen molar-refractivity contribution in [2.24, 2.45) is 5.92 Å². The molecule has 15 heteroatoms. The average Bonchev–Trinajstić information content (AvgIpc) is 2.63. The summed E-state index contributed by atoms with van der Waals surface area (Å²) < 4.78 is 131. The quantitative estimate of drug-likeness (QED) is 0.154. The molecule has 3 unspecified atom stereocenters. The molecule has 1 aliphatic rings. The van der Waals surface area contributed by atoms with Gasteiger partial charge in [-0.3, -0.25) is 4.55 Å². The van der Waals surface area contributed by atoms with E-state index < -0.39 is 76.3 Å². The monoisotopic (exact) mass is 504 g/mol. The smallest absolute Gasteiger partial charge is 0.431 e. The molecule has 0 aromatic heterocycles. The predicted molar refractivity (Wildman–Crippen MR) is 94.5 cm³/mol. The van der Waals surface area contributed by atoms with Crippen LogP contribution in [0.1, 0.15) is 39.0 Å². The molecule has 188 valence electrons. The number of rotatable bonds is 10. The first-order valence-corrected chi connectivity index (χ1v) is 10.7. The molecular weight excluding hydrogens is 481 g/mol. The van der Waals surface area contributed by atoms with Crippen molar-refractivity contribution >= 4 is 16.1 Å².